The van der Waals surface area contributed by atoms with E-state index < -0.39 is 10.0 Å². The molecule has 4 rings (SSSR count). The van der Waals surface area contributed by atoms with Crippen LogP contribution in [0.5, 0.6) is 0 Å². The van der Waals surface area contributed by atoms with Crippen molar-refractivity contribution >= 4 is 27.3 Å². The van der Waals surface area contributed by atoms with Crippen LogP contribution in [0.15, 0.2) is 71.6 Å². The summed E-state index contributed by atoms with van der Waals surface area (Å²) in [6, 6.07) is 17.9. The van der Waals surface area contributed by atoms with Crippen molar-refractivity contribution in [3.63, 3.8) is 0 Å². The third-order valence-corrected chi connectivity index (χ3v) is 7.16. The van der Waals surface area contributed by atoms with Gasteiger partial charge in [-0.05, 0) is 67.3 Å². The van der Waals surface area contributed by atoms with Crippen LogP contribution in [-0.4, -0.2) is 20.9 Å². The molecule has 0 aliphatic carbocycles. The van der Waals surface area contributed by atoms with Gasteiger partial charge < -0.3 is 5.32 Å². The molecule has 0 unspecified atom stereocenters. The molecule has 3 aromatic rings. The highest BCUT2D eigenvalue weighted by Gasteiger charge is 2.29. The number of halogens is 1. The fourth-order valence-corrected chi connectivity index (χ4v) is 5.23. The standard InChI is InChI=1S/C24H23FN2O3S/c1-17-4-12-22(13-5-17)31(29,30)27-14-2-3-19-8-11-21(16-23(19)27)26-24(28)15-18-6-9-20(25)10-7-18/h4-13,16H,2-3,14-15H2,1H3,(H,26,28). The first kappa shape index (κ1) is 21.1. The van der Waals surface area contributed by atoms with Gasteiger partial charge >= 0.3 is 0 Å². The van der Waals surface area contributed by atoms with Gasteiger partial charge in [0.1, 0.15) is 5.82 Å². The zero-order chi connectivity index (χ0) is 22.0. The number of hydrogen-bond acceptors (Lipinski definition) is 3. The molecule has 1 amide bonds. The lowest BCUT2D eigenvalue weighted by Crippen LogP contribution is -2.35. The van der Waals surface area contributed by atoms with E-state index >= 15 is 0 Å². The van der Waals surface area contributed by atoms with Crippen LogP contribution in [0.2, 0.25) is 0 Å². The molecule has 1 aliphatic rings. The number of aryl methyl sites for hydroxylation is 2. The zero-order valence-corrected chi connectivity index (χ0v) is 18.0. The number of benzene rings is 3. The molecule has 160 valence electrons. The number of nitrogens with one attached hydrogen (secondary N) is 1. The first-order valence-electron chi connectivity index (χ1n) is 10.1. The summed E-state index contributed by atoms with van der Waals surface area (Å²) in [4.78, 5) is 12.7. The predicted octanol–water partition coefficient (Wildman–Crippen LogP) is 4.46. The number of amides is 1. The summed E-state index contributed by atoms with van der Waals surface area (Å²) in [5.74, 6) is -0.607. The highest BCUT2D eigenvalue weighted by Crippen LogP contribution is 2.34. The van der Waals surface area contributed by atoms with Crippen LogP contribution in [-0.2, 0) is 27.7 Å². The number of rotatable bonds is 5. The lowest BCUT2D eigenvalue weighted by atomic mass is 10.0. The number of sulfonamides is 1. The van der Waals surface area contributed by atoms with Crippen LogP contribution in [0.4, 0.5) is 15.8 Å². The van der Waals surface area contributed by atoms with Crippen molar-refractivity contribution in [3.8, 4) is 0 Å². The van der Waals surface area contributed by atoms with E-state index in [0.717, 1.165) is 24.0 Å². The maximum absolute atomic E-state index is 13.3. The molecule has 0 atom stereocenters. The molecular weight excluding hydrogens is 415 g/mol. The summed E-state index contributed by atoms with van der Waals surface area (Å²) >= 11 is 0. The van der Waals surface area contributed by atoms with Crippen LogP contribution < -0.4 is 9.62 Å². The van der Waals surface area contributed by atoms with Gasteiger partial charge in [0.25, 0.3) is 10.0 Å². The van der Waals surface area contributed by atoms with Gasteiger partial charge in [0.05, 0.1) is 17.0 Å². The molecular formula is C24H23FN2O3S. The van der Waals surface area contributed by atoms with Gasteiger partial charge in [0.2, 0.25) is 5.91 Å². The Morgan fingerprint density at radius 1 is 1.03 bits per heavy atom. The van der Waals surface area contributed by atoms with E-state index in [1.54, 1.807) is 48.5 Å². The largest absolute Gasteiger partial charge is 0.326 e. The second-order valence-corrected chi connectivity index (χ2v) is 9.55. The summed E-state index contributed by atoms with van der Waals surface area (Å²) in [6.07, 6.45) is 1.61. The smallest absolute Gasteiger partial charge is 0.264 e. The average Bonchev–Trinajstić information content (AvgIpc) is 2.75. The van der Waals surface area contributed by atoms with E-state index in [1.165, 1.54) is 16.4 Å². The Balaban J connectivity index is 1.58. The normalized spacial score (nSPS) is 13.5. The van der Waals surface area contributed by atoms with Crippen LogP contribution in [0.1, 0.15) is 23.1 Å². The van der Waals surface area contributed by atoms with Gasteiger partial charge in [-0.2, -0.15) is 0 Å². The van der Waals surface area contributed by atoms with Crippen molar-refractivity contribution in [1.82, 2.24) is 0 Å². The minimum Gasteiger partial charge on any atom is -0.326 e. The van der Waals surface area contributed by atoms with E-state index in [2.05, 4.69) is 5.32 Å². The summed E-state index contributed by atoms with van der Waals surface area (Å²) in [5.41, 5.74) is 3.73. The van der Waals surface area contributed by atoms with E-state index in [-0.39, 0.29) is 23.0 Å². The van der Waals surface area contributed by atoms with Crippen molar-refractivity contribution in [1.29, 1.82) is 0 Å². The SMILES string of the molecule is Cc1ccc(S(=O)(=O)N2CCCc3ccc(NC(=O)Cc4ccc(F)cc4)cc32)cc1. The van der Waals surface area contributed by atoms with E-state index in [9.17, 15) is 17.6 Å². The number of anilines is 2. The maximum atomic E-state index is 13.3. The van der Waals surface area contributed by atoms with Crippen molar-refractivity contribution in [2.24, 2.45) is 0 Å². The molecule has 0 aromatic heterocycles. The van der Waals surface area contributed by atoms with E-state index in [0.29, 0.717) is 23.5 Å². The monoisotopic (exact) mass is 438 g/mol. The number of carbonyl (C=O) groups excluding carboxylic acids is 1. The lowest BCUT2D eigenvalue weighted by Gasteiger charge is -2.31. The topological polar surface area (TPSA) is 66.5 Å². The third-order valence-electron chi connectivity index (χ3n) is 5.33. The third kappa shape index (κ3) is 4.61. The van der Waals surface area contributed by atoms with Gasteiger partial charge in [-0.25, -0.2) is 12.8 Å². The minimum absolute atomic E-state index is 0.0999. The van der Waals surface area contributed by atoms with Crippen LogP contribution in [0.25, 0.3) is 0 Å². The molecule has 0 saturated heterocycles. The fourth-order valence-electron chi connectivity index (χ4n) is 3.70. The quantitative estimate of drug-likeness (QED) is 0.640. The molecule has 5 nitrogen and oxygen atoms in total. The van der Waals surface area contributed by atoms with Gasteiger partial charge in [0, 0.05) is 12.2 Å². The Hall–Kier alpha value is -3.19. The second-order valence-electron chi connectivity index (χ2n) is 7.69. The van der Waals surface area contributed by atoms with E-state index in [4.69, 9.17) is 0 Å². The van der Waals surface area contributed by atoms with Crippen LogP contribution in [0, 0.1) is 12.7 Å². The molecule has 0 spiro atoms. The Bertz CT molecular complexity index is 1210. The van der Waals surface area contributed by atoms with Crippen molar-refractivity contribution in [3.05, 3.63) is 89.2 Å². The summed E-state index contributed by atoms with van der Waals surface area (Å²) in [5, 5.41) is 2.82. The highest BCUT2D eigenvalue weighted by molar-refractivity contribution is 7.92. The van der Waals surface area contributed by atoms with Crippen molar-refractivity contribution in [2.45, 2.75) is 31.1 Å². The Morgan fingerprint density at radius 3 is 2.45 bits per heavy atom. The number of nitrogens with zero attached hydrogens (tertiary/aromatic N) is 1. The van der Waals surface area contributed by atoms with Gasteiger partial charge in [0.15, 0.2) is 0 Å². The number of hydrogen-bond donors (Lipinski definition) is 1. The molecule has 3 aromatic carbocycles. The van der Waals surface area contributed by atoms with E-state index in [1.807, 2.05) is 13.0 Å². The first-order chi connectivity index (χ1) is 14.8. The Kier molecular flexibility index (Phi) is 5.78. The van der Waals surface area contributed by atoms with Crippen molar-refractivity contribution in [2.75, 3.05) is 16.2 Å². The number of fused-ring (bicyclic) bond motifs is 1. The molecule has 0 radical (unpaired) electrons. The highest BCUT2D eigenvalue weighted by atomic mass is 32.2. The van der Waals surface area contributed by atoms with Crippen molar-refractivity contribution < 1.29 is 17.6 Å². The Morgan fingerprint density at radius 2 is 1.74 bits per heavy atom. The molecule has 1 aliphatic heterocycles. The second kappa shape index (κ2) is 8.51. The zero-order valence-electron chi connectivity index (χ0n) is 17.1. The summed E-state index contributed by atoms with van der Waals surface area (Å²) < 4.78 is 41.0. The maximum Gasteiger partial charge on any atom is 0.264 e. The predicted molar refractivity (Wildman–Crippen MR) is 119 cm³/mol. The fraction of sp³-hybridized carbons (Fsp3) is 0.208. The van der Waals surface area contributed by atoms with Gasteiger partial charge in [-0.3, -0.25) is 9.10 Å². The lowest BCUT2D eigenvalue weighted by molar-refractivity contribution is -0.115. The summed E-state index contributed by atoms with van der Waals surface area (Å²) in [7, 11) is -3.70. The van der Waals surface area contributed by atoms with Gasteiger partial charge in [-0.15, -0.1) is 0 Å². The number of carbonyl (C=O) groups is 1. The molecule has 31 heavy (non-hydrogen) atoms. The Labute approximate surface area is 181 Å². The molecule has 0 fully saturated rings. The molecule has 0 bridgehead atoms. The molecule has 1 heterocycles. The van der Waals surface area contributed by atoms with Gasteiger partial charge in [-0.1, -0.05) is 35.9 Å². The first-order valence-corrected chi connectivity index (χ1v) is 11.5. The molecule has 7 heteroatoms. The molecule has 1 N–H and O–H groups in total. The minimum atomic E-state index is -3.70. The summed E-state index contributed by atoms with van der Waals surface area (Å²) in [6.45, 7) is 2.30. The molecule has 0 saturated carbocycles. The van der Waals surface area contributed by atoms with Crippen LogP contribution in [0.3, 0.4) is 0 Å². The van der Waals surface area contributed by atoms with Crippen LogP contribution >= 0.6 is 0 Å². The average molecular weight is 439 g/mol.